The van der Waals surface area contributed by atoms with E-state index < -0.39 is 0 Å². The van der Waals surface area contributed by atoms with Crippen LogP contribution in [0.4, 0.5) is 11.9 Å². The highest BCUT2D eigenvalue weighted by atomic mass is 35.5. The first-order valence-corrected chi connectivity index (χ1v) is 7.11. The van der Waals surface area contributed by atoms with Crippen molar-refractivity contribution in [2.75, 3.05) is 30.4 Å². The molecule has 1 saturated heterocycles. The molecule has 3 atom stereocenters. The van der Waals surface area contributed by atoms with Crippen LogP contribution in [-0.4, -0.2) is 41.6 Å². The van der Waals surface area contributed by atoms with E-state index in [1.54, 1.807) is 0 Å². The van der Waals surface area contributed by atoms with Gasteiger partial charge in [0.25, 0.3) is 0 Å². The Morgan fingerprint density at radius 2 is 1.84 bits per heavy atom. The van der Waals surface area contributed by atoms with E-state index >= 15 is 0 Å². The Bertz CT molecular complexity index is 451. The van der Waals surface area contributed by atoms with Crippen molar-refractivity contribution in [3.05, 3.63) is 5.28 Å². The molecule has 0 amide bonds. The average Bonchev–Trinajstić information content (AvgIpc) is 2.32. The lowest BCUT2D eigenvalue weighted by Crippen LogP contribution is -2.46. The molecule has 5 nitrogen and oxygen atoms in total. The number of hydrogen-bond donors (Lipinski definition) is 0. The third-order valence-electron chi connectivity index (χ3n) is 3.84. The first-order chi connectivity index (χ1) is 8.88. The van der Waals surface area contributed by atoms with Gasteiger partial charge in [0.1, 0.15) is 0 Å². The van der Waals surface area contributed by atoms with Gasteiger partial charge in [0.15, 0.2) is 0 Å². The molecular formula is C13H22ClN5. The second kappa shape index (κ2) is 5.49. The second-order valence-electron chi connectivity index (χ2n) is 5.81. The van der Waals surface area contributed by atoms with Crippen molar-refractivity contribution in [1.29, 1.82) is 0 Å². The third kappa shape index (κ3) is 3.08. The van der Waals surface area contributed by atoms with Crippen LogP contribution in [-0.2, 0) is 0 Å². The maximum atomic E-state index is 6.02. The van der Waals surface area contributed by atoms with Gasteiger partial charge in [-0.05, 0) is 36.8 Å². The van der Waals surface area contributed by atoms with Crippen LogP contribution in [0, 0.1) is 11.8 Å². The number of nitrogens with zero attached hydrogens (tertiary/aromatic N) is 5. The molecule has 0 spiro atoms. The van der Waals surface area contributed by atoms with Crippen LogP contribution in [0.25, 0.3) is 0 Å². The fourth-order valence-corrected chi connectivity index (χ4v) is 2.79. The lowest BCUT2D eigenvalue weighted by molar-refractivity contribution is 0.293. The number of piperidine rings is 1. The van der Waals surface area contributed by atoms with E-state index in [0.717, 1.165) is 6.54 Å². The van der Waals surface area contributed by atoms with Gasteiger partial charge in [-0.15, -0.1) is 0 Å². The summed E-state index contributed by atoms with van der Waals surface area (Å²) in [4.78, 5) is 17.1. The summed E-state index contributed by atoms with van der Waals surface area (Å²) in [5.74, 6) is 2.56. The van der Waals surface area contributed by atoms with Crippen LogP contribution >= 0.6 is 11.6 Å². The first kappa shape index (κ1) is 14.3. The quantitative estimate of drug-likeness (QED) is 0.834. The molecule has 0 radical (unpaired) electrons. The second-order valence-corrected chi connectivity index (χ2v) is 6.15. The monoisotopic (exact) mass is 283 g/mol. The van der Waals surface area contributed by atoms with E-state index in [1.165, 1.54) is 6.42 Å². The molecule has 3 unspecified atom stereocenters. The Morgan fingerprint density at radius 3 is 2.47 bits per heavy atom. The number of rotatable bonds is 2. The van der Waals surface area contributed by atoms with Crippen molar-refractivity contribution in [2.24, 2.45) is 11.8 Å². The fourth-order valence-electron chi connectivity index (χ4n) is 2.64. The summed E-state index contributed by atoms with van der Waals surface area (Å²) in [6.07, 6.45) is 1.25. The zero-order valence-corrected chi connectivity index (χ0v) is 13.0. The van der Waals surface area contributed by atoms with Gasteiger partial charge in [-0.2, -0.15) is 15.0 Å². The minimum absolute atomic E-state index is 0.256. The molecule has 0 aromatic carbocycles. The minimum atomic E-state index is 0.256. The predicted octanol–water partition coefficient (Wildman–Crippen LogP) is 2.46. The maximum Gasteiger partial charge on any atom is 0.231 e. The predicted molar refractivity (Wildman–Crippen MR) is 78.9 cm³/mol. The smallest absolute Gasteiger partial charge is 0.231 e. The van der Waals surface area contributed by atoms with Crippen molar-refractivity contribution in [1.82, 2.24) is 15.0 Å². The zero-order chi connectivity index (χ0) is 14.2. The summed E-state index contributed by atoms with van der Waals surface area (Å²) >= 11 is 6.02. The number of hydrogen-bond acceptors (Lipinski definition) is 5. The van der Waals surface area contributed by atoms with Crippen molar-refractivity contribution < 1.29 is 0 Å². The molecule has 2 heterocycles. The van der Waals surface area contributed by atoms with Crippen LogP contribution < -0.4 is 9.80 Å². The summed E-state index contributed by atoms with van der Waals surface area (Å²) < 4.78 is 0. The molecule has 19 heavy (non-hydrogen) atoms. The summed E-state index contributed by atoms with van der Waals surface area (Å²) in [6.45, 7) is 7.75. The zero-order valence-electron chi connectivity index (χ0n) is 12.3. The Kier molecular flexibility index (Phi) is 4.13. The van der Waals surface area contributed by atoms with Crippen molar-refractivity contribution in [2.45, 2.75) is 33.2 Å². The summed E-state index contributed by atoms with van der Waals surface area (Å²) in [5.41, 5.74) is 0. The lowest BCUT2D eigenvalue weighted by atomic mass is 9.86. The first-order valence-electron chi connectivity index (χ1n) is 6.74. The molecule has 0 saturated carbocycles. The summed E-state index contributed by atoms with van der Waals surface area (Å²) in [5, 5.41) is 0.256. The fraction of sp³-hybridized carbons (Fsp3) is 0.769. The normalized spacial score (nSPS) is 27.5. The number of halogens is 1. The highest BCUT2D eigenvalue weighted by Crippen LogP contribution is 2.30. The highest BCUT2D eigenvalue weighted by Gasteiger charge is 2.31. The molecule has 106 valence electrons. The molecule has 1 aliphatic rings. The van der Waals surface area contributed by atoms with Crippen LogP contribution in [0.2, 0.25) is 5.28 Å². The van der Waals surface area contributed by atoms with E-state index in [2.05, 4.69) is 40.6 Å². The van der Waals surface area contributed by atoms with E-state index in [-0.39, 0.29) is 5.28 Å². The van der Waals surface area contributed by atoms with E-state index in [9.17, 15) is 0 Å². The van der Waals surface area contributed by atoms with E-state index in [0.29, 0.717) is 29.8 Å². The van der Waals surface area contributed by atoms with Gasteiger partial charge in [0.2, 0.25) is 17.2 Å². The molecule has 0 N–H and O–H groups in total. The van der Waals surface area contributed by atoms with Gasteiger partial charge in [0, 0.05) is 26.7 Å². The molecule has 1 fully saturated rings. The standard InChI is InChI=1S/C13H22ClN5/c1-8-6-9(2)10(3)19(7-8)13-16-11(14)15-12(17-13)18(4)5/h8-10H,6-7H2,1-5H3. The highest BCUT2D eigenvalue weighted by molar-refractivity contribution is 6.28. The topological polar surface area (TPSA) is 45.2 Å². The molecule has 0 bridgehead atoms. The molecule has 2 rings (SSSR count). The van der Waals surface area contributed by atoms with Gasteiger partial charge in [-0.25, -0.2) is 0 Å². The molecular weight excluding hydrogens is 262 g/mol. The SMILES string of the molecule is CC1CC(C)C(C)N(c2nc(Cl)nc(N(C)C)n2)C1. The Labute approximate surface area is 120 Å². The molecule has 1 aromatic rings. The Hall–Kier alpha value is -1.10. The summed E-state index contributed by atoms with van der Waals surface area (Å²) in [6, 6.07) is 0.421. The number of aromatic nitrogens is 3. The van der Waals surface area contributed by atoms with Crippen LogP contribution in [0.3, 0.4) is 0 Å². The van der Waals surface area contributed by atoms with E-state index in [4.69, 9.17) is 11.6 Å². The molecule has 6 heteroatoms. The minimum Gasteiger partial charge on any atom is -0.347 e. The van der Waals surface area contributed by atoms with Gasteiger partial charge in [0.05, 0.1) is 0 Å². The lowest BCUT2D eigenvalue weighted by Gasteiger charge is -2.41. The molecule has 1 aliphatic heterocycles. The Morgan fingerprint density at radius 1 is 1.16 bits per heavy atom. The van der Waals surface area contributed by atoms with Gasteiger partial charge in [-0.1, -0.05) is 13.8 Å². The Balaban J connectivity index is 2.34. The van der Waals surface area contributed by atoms with Crippen LogP contribution in [0.5, 0.6) is 0 Å². The van der Waals surface area contributed by atoms with Crippen LogP contribution in [0.1, 0.15) is 27.2 Å². The summed E-state index contributed by atoms with van der Waals surface area (Å²) in [7, 11) is 3.81. The number of anilines is 2. The van der Waals surface area contributed by atoms with Crippen molar-refractivity contribution in [3.63, 3.8) is 0 Å². The van der Waals surface area contributed by atoms with Gasteiger partial charge >= 0.3 is 0 Å². The molecule has 1 aromatic heterocycles. The largest absolute Gasteiger partial charge is 0.347 e. The van der Waals surface area contributed by atoms with Crippen molar-refractivity contribution >= 4 is 23.5 Å². The van der Waals surface area contributed by atoms with Crippen molar-refractivity contribution in [3.8, 4) is 0 Å². The molecule has 0 aliphatic carbocycles. The average molecular weight is 284 g/mol. The van der Waals surface area contributed by atoms with E-state index in [1.807, 2.05) is 19.0 Å². The van der Waals surface area contributed by atoms with Gasteiger partial charge in [-0.3, -0.25) is 0 Å². The maximum absolute atomic E-state index is 6.02. The third-order valence-corrected chi connectivity index (χ3v) is 4.01. The van der Waals surface area contributed by atoms with Crippen LogP contribution in [0.15, 0.2) is 0 Å². The van der Waals surface area contributed by atoms with Gasteiger partial charge < -0.3 is 9.80 Å².